The van der Waals surface area contributed by atoms with Crippen molar-refractivity contribution in [2.75, 3.05) is 11.1 Å². The predicted molar refractivity (Wildman–Crippen MR) is 128 cm³/mol. The van der Waals surface area contributed by atoms with Crippen LogP contribution in [-0.4, -0.2) is 30.9 Å². The molecule has 0 unspecified atom stereocenters. The summed E-state index contributed by atoms with van der Waals surface area (Å²) in [6, 6.07) is 10.2. The molecule has 0 aliphatic rings. The standard InChI is InChI=1S/C22H20ClFN4O4S/c1-12-4-5-13(23)10-16(12)26-17(29)11-33-19(25-15-8-6-14(24)7-9-15)18-20(30)27(2)22(32)28(3)21(18)31/h4-10,30H,11H2,1-3H3,(H,26,29). The number of hydrogen-bond donors (Lipinski definition) is 2. The molecule has 0 spiro atoms. The van der Waals surface area contributed by atoms with Crippen molar-refractivity contribution < 1.29 is 14.3 Å². The minimum atomic E-state index is -0.782. The number of aromatic hydroxyl groups is 1. The van der Waals surface area contributed by atoms with Crippen LogP contribution in [-0.2, 0) is 18.9 Å². The van der Waals surface area contributed by atoms with E-state index in [2.05, 4.69) is 10.3 Å². The topological polar surface area (TPSA) is 106 Å². The Morgan fingerprint density at radius 2 is 1.82 bits per heavy atom. The van der Waals surface area contributed by atoms with Crippen molar-refractivity contribution in [2.24, 2.45) is 19.1 Å². The molecule has 0 aliphatic carbocycles. The van der Waals surface area contributed by atoms with Crippen LogP contribution in [0, 0.1) is 12.7 Å². The fourth-order valence-corrected chi connectivity index (χ4v) is 3.87. The summed E-state index contributed by atoms with van der Waals surface area (Å²) in [6.07, 6.45) is 0. The molecular formula is C22H20ClFN4O4S. The summed E-state index contributed by atoms with van der Waals surface area (Å²) in [5.74, 6) is -1.64. The summed E-state index contributed by atoms with van der Waals surface area (Å²) >= 11 is 6.88. The quantitative estimate of drug-likeness (QED) is 0.421. The lowest BCUT2D eigenvalue weighted by Crippen LogP contribution is -2.39. The van der Waals surface area contributed by atoms with Gasteiger partial charge in [-0.3, -0.25) is 18.7 Å². The first-order valence-corrected chi connectivity index (χ1v) is 11.0. The highest BCUT2D eigenvalue weighted by molar-refractivity contribution is 8.15. The molecule has 2 aromatic carbocycles. The molecule has 3 aromatic rings. The molecule has 0 radical (unpaired) electrons. The van der Waals surface area contributed by atoms with Crippen LogP contribution < -0.4 is 16.6 Å². The Labute approximate surface area is 197 Å². The number of thioether (sulfide) groups is 1. The second kappa shape index (κ2) is 10.1. The molecule has 0 saturated heterocycles. The van der Waals surface area contributed by atoms with Crippen molar-refractivity contribution in [3.8, 4) is 5.88 Å². The third kappa shape index (κ3) is 5.52. The van der Waals surface area contributed by atoms with Crippen LogP contribution in [0.3, 0.4) is 0 Å². The van der Waals surface area contributed by atoms with Gasteiger partial charge in [0.15, 0.2) is 0 Å². The normalized spacial score (nSPS) is 11.5. The number of nitrogens with one attached hydrogen (secondary N) is 1. The molecule has 1 aromatic heterocycles. The third-order valence-corrected chi connectivity index (χ3v) is 5.93. The van der Waals surface area contributed by atoms with E-state index in [1.807, 2.05) is 6.92 Å². The van der Waals surface area contributed by atoms with Crippen molar-refractivity contribution in [3.05, 3.63) is 85.3 Å². The monoisotopic (exact) mass is 490 g/mol. The maximum Gasteiger partial charge on any atom is 0.333 e. The molecule has 11 heteroatoms. The van der Waals surface area contributed by atoms with E-state index in [1.54, 1.807) is 18.2 Å². The highest BCUT2D eigenvalue weighted by Crippen LogP contribution is 2.24. The van der Waals surface area contributed by atoms with Crippen molar-refractivity contribution in [3.63, 3.8) is 0 Å². The molecule has 172 valence electrons. The molecule has 3 rings (SSSR count). The zero-order valence-corrected chi connectivity index (χ0v) is 19.5. The molecule has 0 bridgehead atoms. The lowest BCUT2D eigenvalue weighted by Gasteiger charge is -2.13. The van der Waals surface area contributed by atoms with Gasteiger partial charge >= 0.3 is 5.69 Å². The molecule has 0 aliphatic heterocycles. The first kappa shape index (κ1) is 24.3. The van der Waals surface area contributed by atoms with Gasteiger partial charge in [-0.25, -0.2) is 14.2 Å². The van der Waals surface area contributed by atoms with E-state index >= 15 is 0 Å². The second-order valence-electron chi connectivity index (χ2n) is 7.09. The van der Waals surface area contributed by atoms with E-state index in [9.17, 15) is 23.9 Å². The fourth-order valence-electron chi connectivity index (χ4n) is 2.86. The van der Waals surface area contributed by atoms with Gasteiger partial charge in [-0.15, -0.1) is 0 Å². The van der Waals surface area contributed by atoms with Gasteiger partial charge < -0.3 is 10.4 Å². The first-order valence-electron chi connectivity index (χ1n) is 9.61. The number of rotatable bonds is 5. The maximum atomic E-state index is 13.3. The van der Waals surface area contributed by atoms with Gasteiger partial charge in [-0.1, -0.05) is 29.4 Å². The zero-order valence-electron chi connectivity index (χ0n) is 17.9. The van der Waals surface area contributed by atoms with Gasteiger partial charge in [0.1, 0.15) is 16.4 Å². The average Bonchev–Trinajstić information content (AvgIpc) is 2.78. The Balaban J connectivity index is 1.98. The third-order valence-electron chi connectivity index (χ3n) is 4.72. The molecule has 0 fully saturated rings. The van der Waals surface area contributed by atoms with Gasteiger partial charge in [0.05, 0.1) is 11.4 Å². The van der Waals surface area contributed by atoms with Crippen LogP contribution in [0.1, 0.15) is 11.1 Å². The Kier molecular flexibility index (Phi) is 7.39. The van der Waals surface area contributed by atoms with Crippen molar-refractivity contribution in [1.29, 1.82) is 0 Å². The molecular weight excluding hydrogens is 471 g/mol. The van der Waals surface area contributed by atoms with Crippen molar-refractivity contribution in [2.45, 2.75) is 6.92 Å². The number of halogens is 2. The summed E-state index contributed by atoms with van der Waals surface area (Å²) in [7, 11) is 2.57. The van der Waals surface area contributed by atoms with Gasteiger partial charge in [-0.2, -0.15) is 0 Å². The van der Waals surface area contributed by atoms with E-state index in [1.165, 1.54) is 38.4 Å². The molecule has 8 nitrogen and oxygen atoms in total. The Bertz CT molecular complexity index is 1370. The molecule has 0 atom stereocenters. The fraction of sp³-hybridized carbons (Fsp3) is 0.182. The minimum Gasteiger partial charge on any atom is -0.494 e. The van der Waals surface area contributed by atoms with Crippen LogP contribution in [0.4, 0.5) is 15.8 Å². The lowest BCUT2D eigenvalue weighted by atomic mass is 10.2. The van der Waals surface area contributed by atoms with Crippen LogP contribution >= 0.6 is 23.4 Å². The molecule has 33 heavy (non-hydrogen) atoms. The summed E-state index contributed by atoms with van der Waals surface area (Å²) in [4.78, 5) is 41.8. The Morgan fingerprint density at radius 3 is 2.48 bits per heavy atom. The lowest BCUT2D eigenvalue weighted by molar-refractivity contribution is -0.113. The second-order valence-corrected chi connectivity index (χ2v) is 8.49. The van der Waals surface area contributed by atoms with Gasteiger partial charge in [-0.05, 0) is 48.9 Å². The van der Waals surface area contributed by atoms with Gasteiger partial charge in [0.25, 0.3) is 5.56 Å². The van der Waals surface area contributed by atoms with Crippen molar-refractivity contribution >= 4 is 45.7 Å². The van der Waals surface area contributed by atoms with E-state index in [0.29, 0.717) is 16.4 Å². The number of carbonyl (C=O) groups is 1. The van der Waals surface area contributed by atoms with Crippen LogP contribution in [0.2, 0.25) is 5.02 Å². The summed E-state index contributed by atoms with van der Waals surface area (Å²) in [5.41, 5.74) is -0.119. The first-order chi connectivity index (χ1) is 15.6. The number of aromatic nitrogens is 2. The molecule has 1 heterocycles. The number of carbonyl (C=O) groups excluding carboxylic acids is 1. The number of amides is 1. The zero-order chi connectivity index (χ0) is 24.3. The SMILES string of the molecule is Cc1ccc(Cl)cc1NC(=O)CSC(=Nc1ccc(F)cc1)c1c(O)n(C)c(=O)n(C)c1=O. The number of aryl methyl sites for hydroxylation is 1. The van der Waals surface area contributed by atoms with Gasteiger partial charge in [0, 0.05) is 24.8 Å². The Hall–Kier alpha value is -3.37. The number of nitrogens with zero attached hydrogens (tertiary/aromatic N) is 3. The average molecular weight is 491 g/mol. The minimum absolute atomic E-state index is 0.00623. The van der Waals surface area contributed by atoms with E-state index in [4.69, 9.17) is 11.6 Å². The summed E-state index contributed by atoms with van der Waals surface area (Å²) in [6.45, 7) is 1.81. The van der Waals surface area contributed by atoms with Crippen molar-refractivity contribution in [1.82, 2.24) is 9.13 Å². The predicted octanol–water partition coefficient (Wildman–Crippen LogP) is 3.34. The smallest absolute Gasteiger partial charge is 0.333 e. The van der Waals surface area contributed by atoms with Gasteiger partial charge in [0.2, 0.25) is 11.8 Å². The molecule has 1 amide bonds. The highest BCUT2D eigenvalue weighted by Gasteiger charge is 2.22. The molecule has 2 N–H and O–H groups in total. The van der Waals surface area contributed by atoms with Crippen LogP contribution in [0.15, 0.2) is 57.0 Å². The van der Waals surface area contributed by atoms with E-state index < -0.39 is 28.9 Å². The van der Waals surface area contributed by atoms with Crippen LogP contribution in [0.5, 0.6) is 5.88 Å². The summed E-state index contributed by atoms with van der Waals surface area (Å²) in [5, 5.41) is 13.7. The number of aliphatic imine (C=N–C) groups is 1. The largest absolute Gasteiger partial charge is 0.494 e. The number of benzene rings is 2. The number of anilines is 1. The molecule has 0 saturated carbocycles. The van der Waals surface area contributed by atoms with E-state index in [-0.39, 0.29) is 16.4 Å². The van der Waals surface area contributed by atoms with Crippen LogP contribution in [0.25, 0.3) is 0 Å². The maximum absolute atomic E-state index is 13.3. The van der Waals surface area contributed by atoms with E-state index in [0.717, 1.165) is 26.5 Å². The summed E-state index contributed by atoms with van der Waals surface area (Å²) < 4.78 is 15.0. The Morgan fingerprint density at radius 1 is 1.15 bits per heavy atom. The number of hydrogen-bond acceptors (Lipinski definition) is 6. The highest BCUT2D eigenvalue weighted by atomic mass is 35.5.